The first-order valence-electron chi connectivity index (χ1n) is 15.3. The van der Waals surface area contributed by atoms with Crippen LogP contribution in [0.4, 0.5) is 9.59 Å². The van der Waals surface area contributed by atoms with Crippen molar-refractivity contribution in [1.29, 1.82) is 0 Å². The quantitative estimate of drug-likeness (QED) is 0.465. The van der Waals surface area contributed by atoms with Crippen LogP contribution in [0.3, 0.4) is 0 Å². The van der Waals surface area contributed by atoms with Gasteiger partial charge in [0, 0.05) is 19.5 Å². The van der Waals surface area contributed by atoms with Crippen LogP contribution in [0.5, 0.6) is 11.5 Å². The molecule has 0 aromatic heterocycles. The highest BCUT2D eigenvalue weighted by atomic mass is 16.6. The number of amides is 2. The number of benzene rings is 2. The van der Waals surface area contributed by atoms with Gasteiger partial charge < -0.3 is 39.0 Å². The third kappa shape index (κ3) is 11.5. The van der Waals surface area contributed by atoms with Crippen LogP contribution in [0.25, 0.3) is 0 Å². The summed E-state index contributed by atoms with van der Waals surface area (Å²) in [4.78, 5) is 27.3. The van der Waals surface area contributed by atoms with E-state index in [0.29, 0.717) is 38.2 Å². The molecule has 44 heavy (non-hydrogen) atoms. The second-order valence-corrected chi connectivity index (χ2v) is 13.5. The maximum Gasteiger partial charge on any atom is 0.410 e. The first kappa shape index (κ1) is 35.0. The number of hydrogen-bond donors (Lipinski definition) is 2. The molecule has 2 aromatic rings. The summed E-state index contributed by atoms with van der Waals surface area (Å²) in [6.45, 7) is 16.5. The Morgan fingerprint density at radius 2 is 1.14 bits per heavy atom. The second-order valence-electron chi connectivity index (χ2n) is 13.5. The summed E-state index contributed by atoms with van der Waals surface area (Å²) in [5.41, 5.74) is 1.14. The zero-order valence-corrected chi connectivity index (χ0v) is 27.4. The van der Waals surface area contributed by atoms with Gasteiger partial charge in [-0.3, -0.25) is 0 Å². The normalized spacial score (nSPS) is 22.3. The number of aliphatic hydroxyl groups is 2. The van der Waals surface area contributed by atoms with Gasteiger partial charge in [-0.05, 0) is 97.2 Å². The zero-order valence-electron chi connectivity index (χ0n) is 27.4. The summed E-state index contributed by atoms with van der Waals surface area (Å²) in [7, 11) is 0. The molecule has 0 radical (unpaired) electrons. The number of aliphatic hydroxyl groups excluding tert-OH is 2. The van der Waals surface area contributed by atoms with Gasteiger partial charge >= 0.3 is 12.2 Å². The molecule has 0 bridgehead atoms. The molecular weight excluding hydrogens is 564 g/mol. The molecule has 10 nitrogen and oxygen atoms in total. The van der Waals surface area contributed by atoms with E-state index >= 15 is 0 Å². The third-order valence-electron chi connectivity index (χ3n) is 6.90. The molecule has 2 aliphatic rings. The number of carbonyl (C=O) groups excluding carboxylic acids is 2. The zero-order chi connectivity index (χ0) is 32.7. The SMILES string of the molecule is Cc1cccc(O[C@H]2CCN(C(=O)OC(C)(C)C)C[C@@H]2O)c1.Cc1cccc(O[C@H]2CN(C(=O)OC(C)(C)C)CC[C@@H]2O)c1. The minimum atomic E-state index is -0.721. The molecule has 4 atom stereocenters. The fraction of sp³-hybridized carbons (Fsp3) is 0.588. The maximum atomic E-state index is 12.1. The van der Waals surface area contributed by atoms with E-state index in [1.807, 2.05) is 104 Å². The molecule has 0 spiro atoms. The second kappa shape index (κ2) is 15.0. The average Bonchev–Trinajstić information content (AvgIpc) is 2.89. The van der Waals surface area contributed by atoms with Crippen molar-refractivity contribution in [2.75, 3.05) is 26.2 Å². The molecule has 2 fully saturated rings. The summed E-state index contributed by atoms with van der Waals surface area (Å²) in [6, 6.07) is 15.4. The number of piperidine rings is 2. The van der Waals surface area contributed by atoms with Crippen LogP contribution in [-0.2, 0) is 9.47 Å². The van der Waals surface area contributed by atoms with Crippen molar-refractivity contribution < 1.29 is 38.7 Å². The van der Waals surface area contributed by atoms with Gasteiger partial charge in [0.15, 0.2) is 0 Å². The summed E-state index contributed by atoms with van der Waals surface area (Å²) in [6.07, 6.45) is -1.74. The van der Waals surface area contributed by atoms with E-state index in [1.54, 1.807) is 4.90 Å². The molecule has 2 saturated heterocycles. The topological polar surface area (TPSA) is 118 Å². The van der Waals surface area contributed by atoms with E-state index in [1.165, 1.54) is 4.90 Å². The Morgan fingerprint density at radius 1 is 0.682 bits per heavy atom. The predicted octanol–water partition coefficient (Wildman–Crippen LogP) is 5.49. The smallest absolute Gasteiger partial charge is 0.410 e. The van der Waals surface area contributed by atoms with Gasteiger partial charge in [-0.15, -0.1) is 0 Å². The van der Waals surface area contributed by atoms with Crippen molar-refractivity contribution in [3.05, 3.63) is 59.7 Å². The van der Waals surface area contributed by atoms with Crippen molar-refractivity contribution in [2.45, 2.75) is 104 Å². The summed E-state index contributed by atoms with van der Waals surface area (Å²) in [5, 5.41) is 20.4. The average molecular weight is 615 g/mol. The number of nitrogens with zero attached hydrogens (tertiary/aromatic N) is 2. The van der Waals surface area contributed by atoms with Gasteiger partial charge in [0.2, 0.25) is 0 Å². The summed E-state index contributed by atoms with van der Waals surface area (Å²) in [5.74, 6) is 1.45. The van der Waals surface area contributed by atoms with Crippen LogP contribution < -0.4 is 9.47 Å². The van der Waals surface area contributed by atoms with Crippen LogP contribution in [0.2, 0.25) is 0 Å². The van der Waals surface area contributed by atoms with Crippen molar-refractivity contribution in [3.63, 3.8) is 0 Å². The first-order chi connectivity index (χ1) is 20.5. The van der Waals surface area contributed by atoms with E-state index in [2.05, 4.69) is 0 Å². The molecule has 2 amide bonds. The Labute approximate surface area is 261 Å². The number of aryl methyl sites for hydroxylation is 2. The number of hydrogen-bond acceptors (Lipinski definition) is 8. The largest absolute Gasteiger partial charge is 0.488 e. The Kier molecular flexibility index (Phi) is 11.9. The Balaban J connectivity index is 0.000000240. The van der Waals surface area contributed by atoms with Gasteiger partial charge in [0.1, 0.15) is 41.0 Å². The number of ether oxygens (including phenoxy) is 4. The molecule has 0 saturated carbocycles. The van der Waals surface area contributed by atoms with Crippen LogP contribution in [0.1, 0.15) is 65.5 Å². The van der Waals surface area contributed by atoms with Crippen molar-refractivity contribution in [2.24, 2.45) is 0 Å². The number of likely N-dealkylation sites (tertiary alicyclic amines) is 2. The minimum absolute atomic E-state index is 0.228. The highest BCUT2D eigenvalue weighted by Crippen LogP contribution is 2.23. The van der Waals surface area contributed by atoms with Gasteiger partial charge in [-0.1, -0.05) is 24.3 Å². The highest BCUT2D eigenvalue weighted by Gasteiger charge is 2.35. The van der Waals surface area contributed by atoms with Crippen molar-refractivity contribution in [1.82, 2.24) is 9.80 Å². The van der Waals surface area contributed by atoms with Gasteiger partial charge in [0.05, 0.1) is 19.2 Å². The van der Waals surface area contributed by atoms with Gasteiger partial charge in [-0.2, -0.15) is 0 Å². The number of rotatable bonds is 4. The fourth-order valence-electron chi connectivity index (χ4n) is 4.78. The monoisotopic (exact) mass is 614 g/mol. The highest BCUT2D eigenvalue weighted by molar-refractivity contribution is 5.68. The molecule has 2 N–H and O–H groups in total. The summed E-state index contributed by atoms with van der Waals surface area (Å²) < 4.78 is 22.4. The van der Waals surface area contributed by atoms with Gasteiger partial charge in [-0.25, -0.2) is 9.59 Å². The molecule has 2 heterocycles. The van der Waals surface area contributed by atoms with Gasteiger partial charge in [0.25, 0.3) is 0 Å². The molecule has 10 heteroatoms. The summed E-state index contributed by atoms with van der Waals surface area (Å²) >= 11 is 0. The predicted molar refractivity (Wildman–Crippen MR) is 168 cm³/mol. The number of carbonyl (C=O) groups is 2. The van der Waals surface area contributed by atoms with E-state index in [0.717, 1.165) is 16.9 Å². The minimum Gasteiger partial charge on any atom is -0.488 e. The first-order valence-corrected chi connectivity index (χ1v) is 15.3. The molecule has 2 aliphatic heterocycles. The fourth-order valence-corrected chi connectivity index (χ4v) is 4.78. The molecular formula is C34H50N2O8. The Hall–Kier alpha value is -3.50. The van der Waals surface area contributed by atoms with Crippen LogP contribution in [0.15, 0.2) is 48.5 Å². The van der Waals surface area contributed by atoms with E-state index in [-0.39, 0.29) is 24.8 Å². The lowest BCUT2D eigenvalue weighted by atomic mass is 10.1. The van der Waals surface area contributed by atoms with E-state index < -0.39 is 29.5 Å². The third-order valence-corrected chi connectivity index (χ3v) is 6.90. The maximum absolute atomic E-state index is 12.1. The molecule has 244 valence electrons. The van der Waals surface area contributed by atoms with E-state index in [9.17, 15) is 19.8 Å². The van der Waals surface area contributed by atoms with Crippen molar-refractivity contribution >= 4 is 12.2 Å². The lowest BCUT2D eigenvalue weighted by molar-refractivity contribution is -0.0375. The number of β-amino-alcohol motifs (C(OH)–C–C–N with tert-alkyl or cyclic N) is 1. The standard InChI is InChI=1S/2C17H25NO4/c1-12-6-5-7-13(10-12)21-15-8-9-18(11-14(15)19)16(20)22-17(2,3)4;1-12-6-5-7-13(10-12)21-15-11-18(9-8-14(15)19)16(20)22-17(2,3)4/h2*5-7,10,14-15,19H,8-9,11H2,1-4H3/t2*14-,15-/m00/s1. The molecule has 4 rings (SSSR count). The Bertz CT molecular complexity index is 1240. The van der Waals surface area contributed by atoms with Crippen LogP contribution >= 0.6 is 0 Å². The molecule has 2 aromatic carbocycles. The lowest BCUT2D eigenvalue weighted by Crippen LogP contribution is -2.52. The lowest BCUT2D eigenvalue weighted by Gasteiger charge is -2.36. The van der Waals surface area contributed by atoms with E-state index in [4.69, 9.17) is 18.9 Å². The van der Waals surface area contributed by atoms with Crippen molar-refractivity contribution in [3.8, 4) is 11.5 Å². The Morgan fingerprint density at radius 3 is 1.59 bits per heavy atom. The molecule has 0 aliphatic carbocycles. The van der Waals surface area contributed by atoms with Crippen LogP contribution in [-0.4, -0.2) is 94.0 Å². The van der Waals surface area contributed by atoms with Crippen LogP contribution in [0, 0.1) is 13.8 Å². The molecule has 0 unspecified atom stereocenters.